The van der Waals surface area contributed by atoms with Crippen LogP contribution in [-0.2, 0) is 6.54 Å². The van der Waals surface area contributed by atoms with Gasteiger partial charge in [0.15, 0.2) is 0 Å². The predicted molar refractivity (Wildman–Crippen MR) is 72.8 cm³/mol. The minimum absolute atomic E-state index is 0.172. The lowest BCUT2D eigenvalue weighted by Gasteiger charge is -2.24. The molecule has 1 N–H and O–H groups in total. The van der Waals surface area contributed by atoms with Crippen LogP contribution in [0.15, 0.2) is 18.2 Å². The number of nitrogens with one attached hydrogen (secondary N) is 1. The van der Waals surface area contributed by atoms with Crippen molar-refractivity contribution in [1.82, 2.24) is 10.2 Å². The highest BCUT2D eigenvalue weighted by molar-refractivity contribution is 5.35. The normalized spacial score (nSPS) is 29.6. The maximum Gasteiger partial charge on any atom is 0.272 e. The van der Waals surface area contributed by atoms with Gasteiger partial charge in [-0.25, -0.2) is 4.39 Å². The maximum absolute atomic E-state index is 13.5. The lowest BCUT2D eigenvalue weighted by molar-refractivity contribution is -0.385. The van der Waals surface area contributed by atoms with E-state index in [9.17, 15) is 14.5 Å². The van der Waals surface area contributed by atoms with Crippen molar-refractivity contribution >= 4 is 5.69 Å². The van der Waals surface area contributed by atoms with Gasteiger partial charge in [-0.05, 0) is 43.5 Å². The topological polar surface area (TPSA) is 58.4 Å². The van der Waals surface area contributed by atoms with Crippen LogP contribution >= 0.6 is 0 Å². The molecule has 2 fully saturated rings. The second-order valence-corrected chi connectivity index (χ2v) is 5.83. The van der Waals surface area contributed by atoms with Gasteiger partial charge < -0.3 is 5.32 Å². The van der Waals surface area contributed by atoms with Crippen LogP contribution in [0, 0.1) is 27.8 Å². The molecule has 2 saturated heterocycles. The standard InChI is InChI=1S/C14H18FN3O2/c1-9-14-6-16-5-11(14)8-17(9)7-10-2-12(15)4-13(3-10)18(19)20/h2-4,9,11,14,16H,5-8H2,1H3. The quantitative estimate of drug-likeness (QED) is 0.677. The van der Waals surface area contributed by atoms with Crippen molar-refractivity contribution in [2.75, 3.05) is 19.6 Å². The average Bonchev–Trinajstić information content (AvgIpc) is 2.94. The van der Waals surface area contributed by atoms with Gasteiger partial charge in [0.2, 0.25) is 0 Å². The van der Waals surface area contributed by atoms with Crippen molar-refractivity contribution < 1.29 is 9.31 Å². The zero-order valence-electron chi connectivity index (χ0n) is 11.4. The van der Waals surface area contributed by atoms with E-state index in [-0.39, 0.29) is 5.69 Å². The molecule has 0 spiro atoms. The monoisotopic (exact) mass is 279 g/mol. The Morgan fingerprint density at radius 3 is 2.95 bits per heavy atom. The SMILES string of the molecule is CC1C2CNCC2CN1Cc1cc(F)cc([N+](=O)[O-])c1. The largest absolute Gasteiger partial charge is 0.316 e. The number of hydrogen-bond donors (Lipinski definition) is 1. The number of benzene rings is 1. The molecule has 1 aromatic carbocycles. The number of nitro benzene ring substituents is 1. The van der Waals surface area contributed by atoms with Crippen LogP contribution in [-0.4, -0.2) is 35.5 Å². The van der Waals surface area contributed by atoms with E-state index in [1.165, 1.54) is 12.1 Å². The minimum atomic E-state index is -0.543. The van der Waals surface area contributed by atoms with Gasteiger partial charge in [0, 0.05) is 25.2 Å². The van der Waals surface area contributed by atoms with Gasteiger partial charge in [0.1, 0.15) is 5.82 Å². The van der Waals surface area contributed by atoms with Crippen LogP contribution in [0.25, 0.3) is 0 Å². The Morgan fingerprint density at radius 1 is 1.45 bits per heavy atom. The number of fused-ring (bicyclic) bond motifs is 1. The van der Waals surface area contributed by atoms with Crippen LogP contribution in [0.4, 0.5) is 10.1 Å². The Hall–Kier alpha value is -1.53. The van der Waals surface area contributed by atoms with E-state index in [0.717, 1.165) is 25.7 Å². The van der Waals surface area contributed by atoms with Crippen LogP contribution in [0.2, 0.25) is 0 Å². The van der Waals surface area contributed by atoms with Gasteiger partial charge in [-0.1, -0.05) is 0 Å². The van der Waals surface area contributed by atoms with E-state index in [4.69, 9.17) is 0 Å². The molecule has 20 heavy (non-hydrogen) atoms. The molecule has 2 aliphatic heterocycles. The molecule has 3 atom stereocenters. The van der Waals surface area contributed by atoms with Crippen LogP contribution in [0.1, 0.15) is 12.5 Å². The van der Waals surface area contributed by atoms with Crippen molar-refractivity contribution in [2.45, 2.75) is 19.5 Å². The fraction of sp³-hybridized carbons (Fsp3) is 0.571. The first-order chi connectivity index (χ1) is 9.54. The van der Waals surface area contributed by atoms with E-state index in [1.807, 2.05) is 0 Å². The van der Waals surface area contributed by atoms with Gasteiger partial charge in [-0.3, -0.25) is 15.0 Å². The van der Waals surface area contributed by atoms with Gasteiger partial charge in [0.05, 0.1) is 11.0 Å². The van der Waals surface area contributed by atoms with E-state index in [1.54, 1.807) is 0 Å². The number of likely N-dealkylation sites (tertiary alicyclic amines) is 1. The molecular weight excluding hydrogens is 261 g/mol. The predicted octanol–water partition coefficient (Wildman–Crippen LogP) is 1.77. The van der Waals surface area contributed by atoms with Gasteiger partial charge in [-0.2, -0.15) is 0 Å². The molecule has 0 aromatic heterocycles. The third kappa shape index (κ3) is 2.41. The third-order valence-corrected chi connectivity index (χ3v) is 4.60. The Labute approximate surface area is 116 Å². The second kappa shape index (κ2) is 5.10. The summed E-state index contributed by atoms with van der Waals surface area (Å²) in [6, 6.07) is 4.27. The Morgan fingerprint density at radius 2 is 2.25 bits per heavy atom. The summed E-state index contributed by atoms with van der Waals surface area (Å²) in [7, 11) is 0. The summed E-state index contributed by atoms with van der Waals surface area (Å²) >= 11 is 0. The summed E-state index contributed by atoms with van der Waals surface area (Å²) < 4.78 is 13.5. The zero-order valence-corrected chi connectivity index (χ0v) is 11.4. The molecule has 0 bridgehead atoms. The lowest BCUT2D eigenvalue weighted by Crippen LogP contribution is -2.32. The fourth-order valence-corrected chi connectivity index (χ4v) is 3.53. The Bertz CT molecular complexity index is 537. The molecule has 3 unspecified atom stereocenters. The molecule has 108 valence electrons. The van der Waals surface area contributed by atoms with Crippen molar-refractivity contribution in [2.24, 2.45) is 11.8 Å². The molecule has 5 nitrogen and oxygen atoms in total. The molecule has 0 saturated carbocycles. The number of halogens is 1. The fourth-order valence-electron chi connectivity index (χ4n) is 3.53. The molecule has 0 aliphatic carbocycles. The molecule has 3 rings (SSSR count). The van der Waals surface area contributed by atoms with E-state index in [2.05, 4.69) is 17.1 Å². The number of nitro groups is 1. The van der Waals surface area contributed by atoms with Crippen molar-refractivity contribution in [3.05, 3.63) is 39.7 Å². The maximum atomic E-state index is 13.5. The van der Waals surface area contributed by atoms with Crippen LogP contribution in [0.3, 0.4) is 0 Å². The van der Waals surface area contributed by atoms with E-state index < -0.39 is 10.7 Å². The van der Waals surface area contributed by atoms with Crippen molar-refractivity contribution in [3.63, 3.8) is 0 Å². The smallest absolute Gasteiger partial charge is 0.272 e. The lowest BCUT2D eigenvalue weighted by atomic mass is 9.95. The summed E-state index contributed by atoms with van der Waals surface area (Å²) in [6.45, 7) is 5.81. The molecule has 0 amide bonds. The van der Waals surface area contributed by atoms with Gasteiger partial charge in [-0.15, -0.1) is 0 Å². The zero-order chi connectivity index (χ0) is 14.3. The van der Waals surface area contributed by atoms with E-state index in [0.29, 0.717) is 30.0 Å². The van der Waals surface area contributed by atoms with Crippen LogP contribution in [0.5, 0.6) is 0 Å². The minimum Gasteiger partial charge on any atom is -0.316 e. The van der Waals surface area contributed by atoms with Crippen molar-refractivity contribution in [1.29, 1.82) is 0 Å². The summed E-state index contributed by atoms with van der Waals surface area (Å²) in [6.07, 6.45) is 0. The number of non-ortho nitro benzene ring substituents is 1. The summed E-state index contributed by atoms with van der Waals surface area (Å²) in [5.41, 5.74) is 0.505. The van der Waals surface area contributed by atoms with E-state index >= 15 is 0 Å². The summed E-state index contributed by atoms with van der Waals surface area (Å²) in [5.74, 6) is 0.745. The third-order valence-electron chi connectivity index (χ3n) is 4.60. The molecule has 1 aromatic rings. The highest BCUT2D eigenvalue weighted by atomic mass is 19.1. The number of rotatable bonds is 3. The molecule has 0 radical (unpaired) electrons. The average molecular weight is 279 g/mol. The first-order valence-electron chi connectivity index (χ1n) is 6.93. The summed E-state index contributed by atoms with van der Waals surface area (Å²) in [5, 5.41) is 14.2. The highest BCUT2D eigenvalue weighted by Gasteiger charge is 2.41. The first-order valence-corrected chi connectivity index (χ1v) is 6.93. The van der Waals surface area contributed by atoms with Gasteiger partial charge in [0.25, 0.3) is 5.69 Å². The first kappa shape index (κ1) is 13.5. The van der Waals surface area contributed by atoms with Crippen LogP contribution < -0.4 is 5.32 Å². The Kier molecular flexibility index (Phi) is 3.43. The van der Waals surface area contributed by atoms with Gasteiger partial charge >= 0.3 is 0 Å². The van der Waals surface area contributed by atoms with Crippen molar-refractivity contribution in [3.8, 4) is 0 Å². The number of nitrogens with zero attached hydrogens (tertiary/aromatic N) is 2. The highest BCUT2D eigenvalue weighted by Crippen LogP contribution is 2.33. The molecule has 2 aliphatic rings. The molecule has 6 heteroatoms. The molecule has 2 heterocycles. The summed E-state index contributed by atoms with van der Waals surface area (Å²) in [4.78, 5) is 12.5. The second-order valence-electron chi connectivity index (χ2n) is 5.83. The Balaban J connectivity index is 1.76. The number of hydrogen-bond acceptors (Lipinski definition) is 4. The molecular formula is C14H18FN3O2.